The summed E-state index contributed by atoms with van der Waals surface area (Å²) < 4.78 is 66.9. The zero-order chi connectivity index (χ0) is 32.1. The third-order valence-corrected chi connectivity index (χ3v) is 8.58. The Kier molecular flexibility index (Phi) is 8.66. The molecule has 1 amide bonds. The summed E-state index contributed by atoms with van der Waals surface area (Å²) in [5, 5.41) is 9.63. The number of aliphatic carboxylic acids is 1. The van der Waals surface area contributed by atoms with Crippen LogP contribution in [0, 0.1) is 23.6 Å². The molecule has 10 heteroatoms. The first kappa shape index (κ1) is 32.4. The van der Waals surface area contributed by atoms with Gasteiger partial charge in [0.15, 0.2) is 0 Å². The Morgan fingerprint density at radius 1 is 1.16 bits per heavy atom. The highest BCUT2D eigenvalue weighted by Gasteiger charge is 2.42. The van der Waals surface area contributed by atoms with Gasteiger partial charge in [-0.25, -0.2) is 9.18 Å². The number of allylic oxidation sites excluding steroid dienone is 1. The molecule has 2 aliphatic rings. The van der Waals surface area contributed by atoms with Gasteiger partial charge in [0.05, 0.1) is 24.1 Å². The Morgan fingerprint density at radius 2 is 1.84 bits per heavy atom. The molecule has 1 aliphatic heterocycles. The Balaban J connectivity index is 1.75. The maximum absolute atomic E-state index is 15.1. The topological polar surface area (TPSA) is 76.1 Å². The van der Waals surface area contributed by atoms with E-state index in [1.807, 2.05) is 0 Å². The van der Waals surface area contributed by atoms with E-state index in [9.17, 15) is 27.9 Å². The number of carbonyl (C=O) groups is 2. The summed E-state index contributed by atoms with van der Waals surface area (Å²) in [6.45, 7) is 10.8. The zero-order valence-electron chi connectivity index (χ0n) is 25.6. The Hall–Kier alpha value is -3.56. The van der Waals surface area contributed by atoms with Crippen molar-refractivity contribution in [1.29, 1.82) is 0 Å². The summed E-state index contributed by atoms with van der Waals surface area (Å²) in [4.78, 5) is 26.5. The first-order valence-electron chi connectivity index (χ1n) is 14.3. The quantitative estimate of drug-likeness (QED) is 0.306. The van der Waals surface area contributed by atoms with Gasteiger partial charge >= 0.3 is 18.2 Å². The third kappa shape index (κ3) is 6.83. The molecule has 2 aromatic carbocycles. The standard InChI is InChI=1S/C33H39F4NO5/c1-18-10-20(12-23(11-18)33(35,36)37)28-19(2)38(30(41)43-28)17-22-15-31(3,4)9-8-24(22)25-13-21(16-32(5,6)29(39)40)26(34)14-27(25)42-7/h10-14,19,28H,8-9,15-17H2,1-7H3,(H,39,40)/t19-,28-/m0/s1. The number of hydrogen-bond donors (Lipinski definition) is 1. The van der Waals surface area contributed by atoms with Crippen LogP contribution in [0.15, 0.2) is 35.9 Å². The van der Waals surface area contributed by atoms with Crippen LogP contribution in [0.2, 0.25) is 0 Å². The van der Waals surface area contributed by atoms with Gasteiger partial charge in [-0.2, -0.15) is 13.2 Å². The van der Waals surface area contributed by atoms with E-state index in [1.54, 1.807) is 26.0 Å². The summed E-state index contributed by atoms with van der Waals surface area (Å²) in [6, 6.07) is 6.05. The summed E-state index contributed by atoms with van der Waals surface area (Å²) in [6.07, 6.45) is -4.05. The molecule has 0 unspecified atom stereocenters. The lowest BCUT2D eigenvalue weighted by molar-refractivity contribution is -0.146. The molecule has 6 nitrogen and oxygen atoms in total. The number of carbonyl (C=O) groups excluding carboxylic acids is 1. The molecular weight excluding hydrogens is 566 g/mol. The van der Waals surface area contributed by atoms with Crippen molar-refractivity contribution >= 4 is 17.6 Å². The fraction of sp³-hybridized carbons (Fsp3) is 0.515. The van der Waals surface area contributed by atoms with Gasteiger partial charge in [-0.1, -0.05) is 25.5 Å². The number of amides is 1. The highest BCUT2D eigenvalue weighted by Crippen LogP contribution is 2.47. The number of benzene rings is 2. The monoisotopic (exact) mass is 605 g/mol. The molecule has 2 aromatic rings. The molecule has 4 rings (SSSR count). The van der Waals surface area contributed by atoms with Crippen molar-refractivity contribution in [3.05, 3.63) is 69.5 Å². The molecule has 0 aromatic heterocycles. The van der Waals surface area contributed by atoms with Crippen LogP contribution >= 0.6 is 0 Å². The van der Waals surface area contributed by atoms with Gasteiger partial charge in [0, 0.05) is 18.2 Å². The molecule has 43 heavy (non-hydrogen) atoms. The van der Waals surface area contributed by atoms with Crippen LogP contribution in [0.25, 0.3) is 5.57 Å². The lowest BCUT2D eigenvalue weighted by Crippen LogP contribution is -2.35. The lowest BCUT2D eigenvalue weighted by atomic mass is 9.72. The number of nitrogens with zero attached hydrogens (tertiary/aromatic N) is 1. The number of cyclic esters (lactones) is 1. The summed E-state index contributed by atoms with van der Waals surface area (Å²) in [7, 11) is 1.44. The van der Waals surface area contributed by atoms with E-state index in [4.69, 9.17) is 9.47 Å². The second kappa shape index (κ2) is 11.5. The Bertz CT molecular complexity index is 1460. The minimum absolute atomic E-state index is 0.0349. The molecule has 0 saturated carbocycles. The first-order valence-corrected chi connectivity index (χ1v) is 14.3. The normalized spacial score (nSPS) is 20.8. The maximum Gasteiger partial charge on any atom is 0.416 e. The fourth-order valence-electron chi connectivity index (χ4n) is 6.09. The van der Waals surface area contributed by atoms with Crippen molar-refractivity contribution in [2.45, 2.75) is 85.5 Å². The number of alkyl halides is 3. The maximum atomic E-state index is 15.1. The smallest absolute Gasteiger partial charge is 0.416 e. The van der Waals surface area contributed by atoms with Gasteiger partial charge in [-0.05, 0) is 99.3 Å². The van der Waals surface area contributed by atoms with Gasteiger partial charge in [-0.3, -0.25) is 9.69 Å². The van der Waals surface area contributed by atoms with E-state index in [0.29, 0.717) is 29.7 Å². The molecule has 1 N–H and O–H groups in total. The number of halogens is 4. The van der Waals surface area contributed by atoms with Crippen molar-refractivity contribution in [3.63, 3.8) is 0 Å². The molecule has 0 radical (unpaired) electrons. The summed E-state index contributed by atoms with van der Waals surface area (Å²) in [5.41, 5.74) is 1.25. The average Bonchev–Trinajstić information content (AvgIpc) is 3.17. The predicted molar refractivity (Wildman–Crippen MR) is 154 cm³/mol. The number of aryl methyl sites for hydroxylation is 1. The Morgan fingerprint density at radius 3 is 2.44 bits per heavy atom. The van der Waals surface area contributed by atoms with Crippen LogP contribution in [0.4, 0.5) is 22.4 Å². The van der Waals surface area contributed by atoms with E-state index < -0.39 is 47.2 Å². The van der Waals surface area contributed by atoms with E-state index in [0.717, 1.165) is 29.7 Å². The Labute approximate surface area is 249 Å². The molecular formula is C33H39F4NO5. The second-order valence-corrected chi connectivity index (χ2v) is 13.2. The predicted octanol–water partition coefficient (Wildman–Crippen LogP) is 8.36. The second-order valence-electron chi connectivity index (χ2n) is 13.2. The number of hydrogen-bond acceptors (Lipinski definition) is 4. The van der Waals surface area contributed by atoms with Gasteiger partial charge in [-0.15, -0.1) is 0 Å². The van der Waals surface area contributed by atoms with Crippen molar-refractivity contribution in [2.75, 3.05) is 13.7 Å². The van der Waals surface area contributed by atoms with Crippen LogP contribution in [-0.2, 0) is 22.1 Å². The first-order chi connectivity index (χ1) is 19.8. The van der Waals surface area contributed by atoms with Crippen LogP contribution < -0.4 is 4.74 Å². The lowest BCUT2D eigenvalue weighted by Gasteiger charge is -2.36. The zero-order valence-corrected chi connectivity index (χ0v) is 25.6. The number of ether oxygens (including phenoxy) is 2. The van der Waals surface area contributed by atoms with E-state index in [-0.39, 0.29) is 29.5 Å². The molecule has 0 bridgehead atoms. The number of carboxylic acid groups (broad SMARTS) is 1. The van der Waals surface area contributed by atoms with Gasteiger partial charge in [0.2, 0.25) is 0 Å². The van der Waals surface area contributed by atoms with Crippen molar-refractivity contribution < 1.29 is 41.7 Å². The average molecular weight is 606 g/mol. The highest BCUT2D eigenvalue weighted by molar-refractivity contribution is 5.78. The minimum Gasteiger partial charge on any atom is -0.496 e. The molecule has 2 atom stereocenters. The van der Waals surface area contributed by atoms with Crippen molar-refractivity contribution in [1.82, 2.24) is 4.90 Å². The van der Waals surface area contributed by atoms with Crippen molar-refractivity contribution in [3.8, 4) is 5.75 Å². The third-order valence-electron chi connectivity index (χ3n) is 8.58. The van der Waals surface area contributed by atoms with Gasteiger partial charge < -0.3 is 14.6 Å². The molecule has 0 spiro atoms. The number of rotatable bonds is 8. The van der Waals surface area contributed by atoms with E-state index in [2.05, 4.69) is 13.8 Å². The molecule has 1 heterocycles. The van der Waals surface area contributed by atoms with Crippen LogP contribution in [0.5, 0.6) is 5.75 Å². The van der Waals surface area contributed by atoms with Crippen molar-refractivity contribution in [2.24, 2.45) is 10.8 Å². The van der Waals surface area contributed by atoms with Crippen LogP contribution in [0.1, 0.15) is 87.8 Å². The number of methoxy groups -OCH3 is 1. The highest BCUT2D eigenvalue weighted by atomic mass is 19.4. The summed E-state index contributed by atoms with van der Waals surface area (Å²) in [5.74, 6) is -1.31. The molecule has 234 valence electrons. The van der Waals surface area contributed by atoms with E-state index >= 15 is 4.39 Å². The van der Waals surface area contributed by atoms with E-state index in [1.165, 1.54) is 31.9 Å². The fourth-order valence-corrected chi connectivity index (χ4v) is 6.09. The largest absolute Gasteiger partial charge is 0.496 e. The molecule has 1 fully saturated rings. The van der Waals surface area contributed by atoms with Crippen LogP contribution in [-0.4, -0.2) is 41.8 Å². The SMILES string of the molecule is COc1cc(F)c(CC(C)(C)C(=O)O)cc1C1=C(CN2C(=O)O[C@H](c3cc(C)cc(C(F)(F)F)c3)[C@@H]2C)CC(C)(C)CC1. The summed E-state index contributed by atoms with van der Waals surface area (Å²) >= 11 is 0. The number of carboxylic acids is 1. The minimum atomic E-state index is -4.54. The van der Waals surface area contributed by atoms with Crippen LogP contribution in [0.3, 0.4) is 0 Å². The van der Waals surface area contributed by atoms with Gasteiger partial charge in [0.25, 0.3) is 0 Å². The molecule has 1 saturated heterocycles. The molecule has 1 aliphatic carbocycles. The van der Waals surface area contributed by atoms with Gasteiger partial charge in [0.1, 0.15) is 17.7 Å².